The molecule has 2 rings (SSSR count). The van der Waals surface area contributed by atoms with E-state index in [1.54, 1.807) is 0 Å². The second-order valence-electron chi connectivity index (χ2n) is 8.40. The van der Waals surface area contributed by atoms with Crippen LogP contribution in [0.5, 0.6) is 0 Å². The number of aliphatic hydroxyl groups excluding tert-OH is 1. The number of allylic oxidation sites excluding steroid dienone is 2. The standard InChI is InChI=1S/C23H36O5/c1-3-5-8-17(4-2)9-6-10-18-12-13-21-20(18)15-19(28-21)11-7-14-23(26,27)22(25)16-24/h2,6,10,17-21,24,26-27H,3,5,7-9,11-16H2,1H3/t17-,18+,19+,20-,21-/m1/s1. The lowest BCUT2D eigenvalue weighted by Crippen LogP contribution is -2.40. The number of Topliss-reactive ketones (excluding diaryl/α,β-unsaturated/α-hetero) is 1. The third kappa shape index (κ3) is 6.42. The van der Waals surface area contributed by atoms with Gasteiger partial charge in [0.05, 0.1) is 12.2 Å². The number of aliphatic hydroxyl groups is 3. The summed E-state index contributed by atoms with van der Waals surface area (Å²) in [4.78, 5) is 11.3. The van der Waals surface area contributed by atoms with E-state index in [0.29, 0.717) is 30.6 Å². The Morgan fingerprint density at radius 1 is 1.36 bits per heavy atom. The van der Waals surface area contributed by atoms with Crippen molar-refractivity contribution >= 4 is 5.78 Å². The summed E-state index contributed by atoms with van der Waals surface area (Å²) in [6.45, 7) is 1.33. The van der Waals surface area contributed by atoms with Crippen LogP contribution in [0.15, 0.2) is 12.2 Å². The van der Waals surface area contributed by atoms with Gasteiger partial charge in [-0.15, -0.1) is 12.3 Å². The molecule has 1 saturated carbocycles. The van der Waals surface area contributed by atoms with Gasteiger partial charge >= 0.3 is 0 Å². The zero-order chi connectivity index (χ0) is 20.6. The number of fused-ring (bicyclic) bond motifs is 1. The number of ether oxygens (including phenoxy) is 1. The summed E-state index contributed by atoms with van der Waals surface area (Å²) in [5.74, 6) is 0.911. The summed E-state index contributed by atoms with van der Waals surface area (Å²) < 4.78 is 6.16. The van der Waals surface area contributed by atoms with Crippen molar-refractivity contribution in [1.29, 1.82) is 0 Å². The Kier molecular flexibility index (Phi) is 9.17. The summed E-state index contributed by atoms with van der Waals surface area (Å²) >= 11 is 0. The van der Waals surface area contributed by atoms with Gasteiger partial charge in [0.25, 0.3) is 0 Å². The van der Waals surface area contributed by atoms with Crippen molar-refractivity contribution in [1.82, 2.24) is 0 Å². The molecule has 0 amide bonds. The number of ketones is 1. The predicted molar refractivity (Wildman–Crippen MR) is 108 cm³/mol. The van der Waals surface area contributed by atoms with Gasteiger partial charge in [-0.3, -0.25) is 4.79 Å². The van der Waals surface area contributed by atoms with Crippen LogP contribution in [0.3, 0.4) is 0 Å². The topological polar surface area (TPSA) is 87.0 Å². The molecule has 2 fully saturated rings. The van der Waals surface area contributed by atoms with Gasteiger partial charge in [-0.05, 0) is 56.8 Å². The third-order valence-electron chi connectivity index (χ3n) is 6.30. The Bertz CT molecular complexity index is 562. The van der Waals surface area contributed by atoms with E-state index in [9.17, 15) is 15.0 Å². The maximum atomic E-state index is 11.3. The Morgan fingerprint density at radius 2 is 2.14 bits per heavy atom. The van der Waals surface area contributed by atoms with Crippen LogP contribution in [-0.2, 0) is 9.53 Å². The first kappa shape index (κ1) is 23.1. The van der Waals surface area contributed by atoms with Crippen LogP contribution in [0.25, 0.3) is 0 Å². The number of hydrogen-bond acceptors (Lipinski definition) is 5. The number of carbonyl (C=O) groups is 1. The van der Waals surface area contributed by atoms with Crippen LogP contribution in [0, 0.1) is 30.1 Å². The van der Waals surface area contributed by atoms with Gasteiger partial charge in [-0.25, -0.2) is 0 Å². The normalized spacial score (nSPS) is 28.4. The average Bonchev–Trinajstić information content (AvgIpc) is 3.24. The fraction of sp³-hybridized carbons (Fsp3) is 0.783. The third-order valence-corrected chi connectivity index (χ3v) is 6.30. The molecule has 5 atom stereocenters. The summed E-state index contributed by atoms with van der Waals surface area (Å²) in [6, 6.07) is 0. The molecule has 1 aliphatic heterocycles. The highest BCUT2D eigenvalue weighted by molar-refractivity contribution is 5.86. The van der Waals surface area contributed by atoms with Gasteiger partial charge in [0.15, 0.2) is 0 Å². The van der Waals surface area contributed by atoms with Crippen molar-refractivity contribution in [3.05, 3.63) is 12.2 Å². The van der Waals surface area contributed by atoms with E-state index >= 15 is 0 Å². The van der Waals surface area contributed by atoms with Crippen molar-refractivity contribution in [2.75, 3.05) is 6.61 Å². The van der Waals surface area contributed by atoms with Crippen molar-refractivity contribution < 1.29 is 24.9 Å². The van der Waals surface area contributed by atoms with Crippen LogP contribution in [0.4, 0.5) is 0 Å². The van der Waals surface area contributed by atoms with E-state index in [2.05, 4.69) is 25.0 Å². The molecule has 158 valence electrons. The fourth-order valence-corrected chi connectivity index (χ4v) is 4.57. The number of carbonyl (C=O) groups excluding carboxylic acids is 1. The molecular formula is C23H36O5. The average molecular weight is 393 g/mol. The first-order valence-electron chi connectivity index (χ1n) is 10.8. The molecular weight excluding hydrogens is 356 g/mol. The minimum atomic E-state index is -2.43. The van der Waals surface area contributed by atoms with E-state index in [-0.39, 0.29) is 18.6 Å². The van der Waals surface area contributed by atoms with E-state index in [0.717, 1.165) is 32.1 Å². The maximum absolute atomic E-state index is 11.3. The Balaban J connectivity index is 1.75. The quantitative estimate of drug-likeness (QED) is 0.270. The van der Waals surface area contributed by atoms with Crippen molar-refractivity contribution in [2.24, 2.45) is 17.8 Å². The van der Waals surface area contributed by atoms with Crippen LogP contribution in [0.1, 0.15) is 71.1 Å². The lowest BCUT2D eigenvalue weighted by atomic mass is 9.89. The molecule has 0 unspecified atom stereocenters. The minimum Gasteiger partial charge on any atom is -0.388 e. The summed E-state index contributed by atoms with van der Waals surface area (Å²) in [5, 5.41) is 28.1. The first-order chi connectivity index (χ1) is 13.4. The Morgan fingerprint density at radius 3 is 2.82 bits per heavy atom. The molecule has 0 radical (unpaired) electrons. The van der Waals surface area contributed by atoms with Gasteiger partial charge < -0.3 is 20.1 Å². The van der Waals surface area contributed by atoms with Gasteiger partial charge in [0.1, 0.15) is 6.61 Å². The molecule has 0 bridgehead atoms. The van der Waals surface area contributed by atoms with Gasteiger partial charge in [0, 0.05) is 12.3 Å². The fourth-order valence-electron chi connectivity index (χ4n) is 4.57. The number of unbranched alkanes of at least 4 members (excludes halogenated alkanes) is 1. The monoisotopic (exact) mass is 392 g/mol. The highest BCUT2D eigenvalue weighted by Gasteiger charge is 2.43. The molecule has 5 nitrogen and oxygen atoms in total. The van der Waals surface area contributed by atoms with Gasteiger partial charge in [0.2, 0.25) is 11.6 Å². The van der Waals surface area contributed by atoms with E-state index in [4.69, 9.17) is 16.3 Å². The van der Waals surface area contributed by atoms with E-state index in [1.165, 1.54) is 12.8 Å². The van der Waals surface area contributed by atoms with Crippen molar-refractivity contribution in [3.8, 4) is 12.3 Å². The SMILES string of the molecule is C#C[C@@H](CC=C[C@H]1CC[C@H]2O[C@@H](CCCC(O)(O)C(=O)CO)C[C@H]12)CCCC. The Labute approximate surface area is 169 Å². The zero-order valence-electron chi connectivity index (χ0n) is 17.1. The molecule has 1 aliphatic carbocycles. The predicted octanol–water partition coefficient (Wildman–Crippen LogP) is 2.97. The summed E-state index contributed by atoms with van der Waals surface area (Å²) in [7, 11) is 0. The van der Waals surface area contributed by atoms with Crippen molar-refractivity contribution in [3.63, 3.8) is 0 Å². The molecule has 5 heteroatoms. The first-order valence-corrected chi connectivity index (χ1v) is 10.8. The molecule has 28 heavy (non-hydrogen) atoms. The van der Waals surface area contributed by atoms with Crippen LogP contribution in [0.2, 0.25) is 0 Å². The number of terminal acetylenes is 1. The molecule has 0 aromatic heterocycles. The Hall–Kier alpha value is -1.19. The van der Waals surface area contributed by atoms with E-state index in [1.807, 2.05) is 0 Å². The summed E-state index contributed by atoms with van der Waals surface area (Å²) in [5.41, 5.74) is 0. The second-order valence-corrected chi connectivity index (χ2v) is 8.40. The van der Waals surface area contributed by atoms with Crippen LogP contribution < -0.4 is 0 Å². The highest BCUT2D eigenvalue weighted by atomic mass is 16.5. The van der Waals surface area contributed by atoms with Crippen molar-refractivity contribution in [2.45, 2.75) is 89.1 Å². The summed E-state index contributed by atoms with van der Waals surface area (Å²) in [6.07, 6.45) is 19.3. The molecule has 0 spiro atoms. The number of rotatable bonds is 12. The van der Waals surface area contributed by atoms with Crippen LogP contribution in [-0.4, -0.2) is 45.7 Å². The lowest BCUT2D eigenvalue weighted by molar-refractivity contribution is -0.188. The molecule has 1 heterocycles. The van der Waals surface area contributed by atoms with Gasteiger partial charge in [-0.2, -0.15) is 0 Å². The number of hydrogen-bond donors (Lipinski definition) is 3. The molecule has 2 aliphatic rings. The highest BCUT2D eigenvalue weighted by Crippen LogP contribution is 2.45. The largest absolute Gasteiger partial charge is 0.388 e. The molecule has 0 aromatic rings. The van der Waals surface area contributed by atoms with E-state index < -0.39 is 18.2 Å². The molecule has 1 saturated heterocycles. The second kappa shape index (κ2) is 11.1. The van der Waals surface area contributed by atoms with Gasteiger partial charge in [-0.1, -0.05) is 31.9 Å². The minimum absolute atomic E-state index is 0.0733. The zero-order valence-corrected chi connectivity index (χ0v) is 17.1. The molecule has 0 aromatic carbocycles. The lowest BCUT2D eigenvalue weighted by Gasteiger charge is -2.20. The molecule has 3 N–H and O–H groups in total. The maximum Gasteiger partial charge on any atom is 0.226 e. The smallest absolute Gasteiger partial charge is 0.226 e. The van der Waals surface area contributed by atoms with Crippen LogP contribution >= 0.6 is 0 Å².